The number of ether oxygens (including phenoxy) is 1. The molecule has 0 saturated carbocycles. The van der Waals surface area contributed by atoms with E-state index in [0.29, 0.717) is 13.2 Å². The highest BCUT2D eigenvalue weighted by Gasteiger charge is 2.27. The molecule has 0 fully saturated rings. The number of anilines is 1. The zero-order valence-corrected chi connectivity index (χ0v) is 9.39. The van der Waals surface area contributed by atoms with Crippen LogP contribution in [0.5, 0.6) is 5.88 Å². The Kier molecular flexibility index (Phi) is 2.53. The van der Waals surface area contributed by atoms with Crippen molar-refractivity contribution in [3.63, 3.8) is 0 Å². The van der Waals surface area contributed by atoms with E-state index in [4.69, 9.17) is 9.84 Å². The Labute approximate surface area is 98.6 Å². The first-order chi connectivity index (χ1) is 8.40. The van der Waals surface area contributed by atoms with Crippen molar-refractivity contribution in [3.05, 3.63) is 24.3 Å². The standard InChI is InChI=1S/C12H14N3O2/c16-7-5-13-11-9-3-1-2-4-10(9)12-15(14-11)6-8-17-12/h1-4,16H,5-8H2,(H,13,14)/q+1. The van der Waals surface area contributed by atoms with Gasteiger partial charge in [0.15, 0.2) is 6.61 Å². The minimum Gasteiger partial charge on any atom is -0.435 e. The fourth-order valence-corrected chi connectivity index (χ4v) is 2.07. The first-order valence-electron chi connectivity index (χ1n) is 5.70. The van der Waals surface area contributed by atoms with Crippen molar-refractivity contribution in [2.75, 3.05) is 25.1 Å². The number of fused-ring (bicyclic) bond motifs is 3. The Hall–Kier alpha value is -1.88. The third-order valence-corrected chi connectivity index (χ3v) is 2.81. The van der Waals surface area contributed by atoms with Gasteiger partial charge < -0.3 is 15.2 Å². The Morgan fingerprint density at radius 3 is 3.00 bits per heavy atom. The highest BCUT2D eigenvalue weighted by Crippen LogP contribution is 2.27. The molecule has 0 unspecified atom stereocenters. The molecule has 1 aliphatic rings. The SMILES string of the molecule is OCCNc1n[n+]2c(c3ccccc13)OCC2. The number of nitrogens with one attached hydrogen (secondary N) is 1. The van der Waals surface area contributed by atoms with Gasteiger partial charge in [-0.25, -0.2) is 0 Å². The normalized spacial score (nSPS) is 13.5. The molecule has 88 valence electrons. The number of nitrogens with zero attached hydrogens (tertiary/aromatic N) is 2. The summed E-state index contributed by atoms with van der Waals surface area (Å²) in [5, 5.41) is 18.6. The summed E-state index contributed by atoms with van der Waals surface area (Å²) in [6.07, 6.45) is 0. The van der Waals surface area contributed by atoms with Crippen LogP contribution >= 0.6 is 0 Å². The number of aliphatic hydroxyl groups excluding tert-OH is 1. The summed E-state index contributed by atoms with van der Waals surface area (Å²) in [5.41, 5.74) is 0. The van der Waals surface area contributed by atoms with Crippen LogP contribution in [0, 0.1) is 0 Å². The summed E-state index contributed by atoms with van der Waals surface area (Å²) < 4.78 is 7.46. The van der Waals surface area contributed by atoms with E-state index in [1.54, 1.807) is 0 Å². The van der Waals surface area contributed by atoms with Crippen molar-refractivity contribution < 1.29 is 14.5 Å². The van der Waals surface area contributed by atoms with Crippen LogP contribution in [0.25, 0.3) is 10.8 Å². The maximum absolute atomic E-state index is 8.87. The Morgan fingerprint density at radius 1 is 1.35 bits per heavy atom. The van der Waals surface area contributed by atoms with Gasteiger partial charge in [0.05, 0.1) is 6.61 Å². The van der Waals surface area contributed by atoms with Gasteiger partial charge in [0.25, 0.3) is 0 Å². The second-order valence-electron chi connectivity index (χ2n) is 3.92. The molecule has 0 radical (unpaired) electrons. The maximum atomic E-state index is 8.87. The fourth-order valence-electron chi connectivity index (χ4n) is 2.07. The average molecular weight is 232 g/mol. The quantitative estimate of drug-likeness (QED) is 0.748. The molecule has 2 aromatic rings. The summed E-state index contributed by atoms with van der Waals surface area (Å²) in [6, 6.07) is 7.99. The van der Waals surface area contributed by atoms with Gasteiger partial charge in [0.2, 0.25) is 12.4 Å². The largest absolute Gasteiger partial charge is 0.435 e. The number of hydrogen-bond donors (Lipinski definition) is 2. The predicted molar refractivity (Wildman–Crippen MR) is 63.0 cm³/mol. The van der Waals surface area contributed by atoms with Gasteiger partial charge in [-0.1, -0.05) is 18.2 Å². The summed E-state index contributed by atoms with van der Waals surface area (Å²) in [6.45, 7) is 2.03. The molecular weight excluding hydrogens is 218 g/mol. The Balaban J connectivity index is 2.18. The lowest BCUT2D eigenvalue weighted by Crippen LogP contribution is -2.35. The summed E-state index contributed by atoms with van der Waals surface area (Å²) in [4.78, 5) is 0. The summed E-state index contributed by atoms with van der Waals surface area (Å²) in [5.74, 6) is 1.62. The van der Waals surface area contributed by atoms with E-state index in [2.05, 4.69) is 10.4 Å². The average Bonchev–Trinajstić information content (AvgIpc) is 2.84. The van der Waals surface area contributed by atoms with E-state index in [1.165, 1.54) is 0 Å². The molecule has 2 heterocycles. The molecule has 3 rings (SSSR count). The van der Waals surface area contributed by atoms with Gasteiger partial charge in [-0.3, -0.25) is 0 Å². The van der Waals surface area contributed by atoms with Crippen LogP contribution in [-0.4, -0.2) is 30.0 Å². The predicted octanol–water partition coefficient (Wildman–Crippen LogP) is 0.319. The van der Waals surface area contributed by atoms with Crippen LogP contribution < -0.4 is 14.7 Å². The van der Waals surface area contributed by atoms with Crippen LogP contribution in [0.2, 0.25) is 0 Å². The Morgan fingerprint density at radius 2 is 2.18 bits per heavy atom. The molecule has 0 aliphatic carbocycles. The van der Waals surface area contributed by atoms with Crippen molar-refractivity contribution in [1.82, 2.24) is 5.10 Å². The fraction of sp³-hybridized carbons (Fsp3) is 0.333. The molecule has 0 saturated heterocycles. The molecule has 5 heteroatoms. The molecule has 0 atom stereocenters. The lowest BCUT2D eigenvalue weighted by atomic mass is 10.2. The molecule has 1 aromatic carbocycles. The highest BCUT2D eigenvalue weighted by atomic mass is 16.5. The highest BCUT2D eigenvalue weighted by molar-refractivity contribution is 5.93. The molecule has 0 spiro atoms. The van der Waals surface area contributed by atoms with Gasteiger partial charge >= 0.3 is 5.88 Å². The van der Waals surface area contributed by atoms with Gasteiger partial charge in [-0.2, -0.15) is 0 Å². The van der Waals surface area contributed by atoms with Crippen LogP contribution in [0.1, 0.15) is 0 Å². The second-order valence-corrected chi connectivity index (χ2v) is 3.92. The zero-order valence-electron chi connectivity index (χ0n) is 9.39. The van der Waals surface area contributed by atoms with Gasteiger partial charge in [-0.15, -0.1) is 0 Å². The number of aromatic nitrogens is 2. The molecule has 17 heavy (non-hydrogen) atoms. The van der Waals surface area contributed by atoms with E-state index < -0.39 is 0 Å². The van der Waals surface area contributed by atoms with E-state index in [-0.39, 0.29) is 6.61 Å². The summed E-state index contributed by atoms with van der Waals surface area (Å²) in [7, 11) is 0. The minimum atomic E-state index is 0.0915. The third kappa shape index (κ3) is 1.68. The van der Waals surface area contributed by atoms with Crippen LogP contribution in [-0.2, 0) is 6.54 Å². The number of rotatable bonds is 3. The molecule has 0 amide bonds. The molecular formula is C12H14N3O2+. The Bertz CT molecular complexity index is 557. The molecule has 0 bridgehead atoms. The van der Waals surface area contributed by atoms with Gasteiger partial charge in [0.1, 0.15) is 5.39 Å². The van der Waals surface area contributed by atoms with Crippen molar-refractivity contribution in [2.24, 2.45) is 0 Å². The molecule has 2 N–H and O–H groups in total. The van der Waals surface area contributed by atoms with Crippen molar-refractivity contribution in [2.45, 2.75) is 6.54 Å². The number of hydrogen-bond acceptors (Lipinski definition) is 4. The van der Waals surface area contributed by atoms with E-state index in [1.807, 2.05) is 28.9 Å². The van der Waals surface area contributed by atoms with E-state index >= 15 is 0 Å². The second kappa shape index (κ2) is 4.18. The van der Waals surface area contributed by atoms with Crippen LogP contribution in [0.15, 0.2) is 24.3 Å². The van der Waals surface area contributed by atoms with Gasteiger partial charge in [0, 0.05) is 17.0 Å². The van der Waals surface area contributed by atoms with Crippen LogP contribution in [0.4, 0.5) is 5.82 Å². The van der Waals surface area contributed by atoms with Crippen molar-refractivity contribution >= 4 is 16.6 Å². The number of benzene rings is 1. The van der Waals surface area contributed by atoms with E-state index in [0.717, 1.165) is 29.0 Å². The van der Waals surface area contributed by atoms with E-state index in [9.17, 15) is 0 Å². The van der Waals surface area contributed by atoms with Crippen molar-refractivity contribution in [1.29, 1.82) is 0 Å². The monoisotopic (exact) mass is 232 g/mol. The first kappa shape index (κ1) is 10.3. The molecule has 1 aliphatic heterocycles. The zero-order chi connectivity index (χ0) is 11.7. The van der Waals surface area contributed by atoms with Gasteiger partial charge in [-0.05, 0) is 10.7 Å². The lowest BCUT2D eigenvalue weighted by Gasteiger charge is -2.05. The smallest absolute Gasteiger partial charge is 0.402 e. The lowest BCUT2D eigenvalue weighted by molar-refractivity contribution is -0.735. The minimum absolute atomic E-state index is 0.0915. The maximum Gasteiger partial charge on any atom is 0.402 e. The van der Waals surface area contributed by atoms with Crippen LogP contribution in [0.3, 0.4) is 0 Å². The third-order valence-electron chi connectivity index (χ3n) is 2.81. The molecule has 1 aromatic heterocycles. The topological polar surface area (TPSA) is 58.3 Å². The number of aliphatic hydroxyl groups is 1. The molecule has 5 nitrogen and oxygen atoms in total. The first-order valence-corrected chi connectivity index (χ1v) is 5.70. The summed E-state index contributed by atoms with van der Waals surface area (Å²) >= 11 is 0. The van der Waals surface area contributed by atoms with Crippen molar-refractivity contribution in [3.8, 4) is 5.88 Å².